The van der Waals surface area contributed by atoms with E-state index in [-0.39, 0.29) is 0 Å². The number of carbonyl (C=O) groups is 1. The summed E-state index contributed by atoms with van der Waals surface area (Å²) in [7, 11) is 0. The van der Waals surface area contributed by atoms with E-state index in [0.717, 1.165) is 6.42 Å². The second kappa shape index (κ2) is 5.19. The van der Waals surface area contributed by atoms with Gasteiger partial charge in [0.25, 0.3) is 0 Å². The zero-order chi connectivity index (χ0) is 10.4. The first-order valence-electron chi connectivity index (χ1n) is 4.37. The molecule has 0 fully saturated rings. The van der Waals surface area contributed by atoms with Crippen LogP contribution in [-0.2, 0) is 16.1 Å². The maximum Gasteiger partial charge on any atom is 0.351 e. The first-order chi connectivity index (χ1) is 6.74. The van der Waals surface area contributed by atoms with Crippen LogP contribution in [0.4, 0.5) is 0 Å². The van der Waals surface area contributed by atoms with Gasteiger partial charge in [-0.25, -0.2) is 4.79 Å². The number of aryl methyl sites for hydroxylation is 1. The highest BCUT2D eigenvalue weighted by atomic mass is 16.7. The van der Waals surface area contributed by atoms with Crippen molar-refractivity contribution in [2.24, 2.45) is 5.90 Å². The molecule has 0 spiro atoms. The monoisotopic (exact) mass is 191 g/mol. The van der Waals surface area contributed by atoms with Crippen molar-refractivity contribution in [3.8, 4) is 0 Å². The van der Waals surface area contributed by atoms with Gasteiger partial charge < -0.3 is 4.84 Å². The van der Waals surface area contributed by atoms with Crippen molar-refractivity contribution in [3.05, 3.63) is 48.0 Å². The van der Waals surface area contributed by atoms with Gasteiger partial charge in [0.05, 0.1) is 0 Å². The smallest absolute Gasteiger partial charge is 0.351 e. The van der Waals surface area contributed by atoms with Gasteiger partial charge in [-0.3, -0.25) is 0 Å². The van der Waals surface area contributed by atoms with E-state index in [4.69, 9.17) is 5.90 Å². The number of carbonyl (C=O) groups excluding carboxylic acids is 1. The lowest BCUT2D eigenvalue weighted by atomic mass is 10.1. The molecule has 1 aromatic rings. The van der Waals surface area contributed by atoms with E-state index in [2.05, 4.69) is 11.4 Å². The zero-order valence-corrected chi connectivity index (χ0v) is 7.90. The van der Waals surface area contributed by atoms with Crippen LogP contribution in [-0.4, -0.2) is 5.97 Å². The van der Waals surface area contributed by atoms with Crippen molar-refractivity contribution in [1.29, 1.82) is 0 Å². The van der Waals surface area contributed by atoms with Gasteiger partial charge in [-0.05, 0) is 18.4 Å². The Labute approximate surface area is 83.1 Å². The third-order valence-corrected chi connectivity index (χ3v) is 1.95. The van der Waals surface area contributed by atoms with Crippen molar-refractivity contribution in [2.45, 2.75) is 12.8 Å². The average molecular weight is 191 g/mol. The van der Waals surface area contributed by atoms with Crippen LogP contribution in [0.1, 0.15) is 12.0 Å². The molecule has 0 atom stereocenters. The summed E-state index contributed by atoms with van der Waals surface area (Å²) in [5, 5.41) is 0. The molecule has 3 heteroatoms. The van der Waals surface area contributed by atoms with Crippen molar-refractivity contribution in [3.63, 3.8) is 0 Å². The Bertz CT molecular complexity index is 319. The molecule has 0 saturated carbocycles. The van der Waals surface area contributed by atoms with Crippen LogP contribution < -0.4 is 5.90 Å². The average Bonchev–Trinajstić information content (AvgIpc) is 2.26. The standard InChI is InChI=1S/C11H13NO2/c1-9(11(13)14-12)7-8-10-5-3-2-4-6-10/h2-6H,1,7-8,12H2. The van der Waals surface area contributed by atoms with Crippen molar-refractivity contribution >= 4 is 5.97 Å². The molecule has 0 aliphatic carbocycles. The van der Waals surface area contributed by atoms with E-state index in [1.807, 2.05) is 30.3 Å². The molecule has 0 aliphatic heterocycles. The highest BCUT2D eigenvalue weighted by Crippen LogP contribution is 2.08. The molecule has 2 N–H and O–H groups in total. The Hall–Kier alpha value is -1.61. The Morgan fingerprint density at radius 2 is 2.00 bits per heavy atom. The molecule has 0 saturated heterocycles. The quantitative estimate of drug-likeness (QED) is 0.580. The van der Waals surface area contributed by atoms with E-state index in [1.54, 1.807) is 0 Å². The lowest BCUT2D eigenvalue weighted by Crippen LogP contribution is -2.12. The van der Waals surface area contributed by atoms with Gasteiger partial charge in [0.1, 0.15) is 0 Å². The maximum absolute atomic E-state index is 10.9. The molecule has 3 nitrogen and oxygen atoms in total. The van der Waals surface area contributed by atoms with E-state index < -0.39 is 5.97 Å². The summed E-state index contributed by atoms with van der Waals surface area (Å²) in [5.41, 5.74) is 1.56. The minimum Gasteiger partial charge on any atom is -0.370 e. The molecule has 0 unspecified atom stereocenters. The van der Waals surface area contributed by atoms with Gasteiger partial charge in [0.2, 0.25) is 0 Å². The van der Waals surface area contributed by atoms with Crippen LogP contribution >= 0.6 is 0 Å². The summed E-state index contributed by atoms with van der Waals surface area (Å²) in [5.74, 6) is 4.19. The number of hydrogen-bond acceptors (Lipinski definition) is 3. The van der Waals surface area contributed by atoms with Gasteiger partial charge in [0.15, 0.2) is 0 Å². The summed E-state index contributed by atoms with van der Waals surface area (Å²) >= 11 is 0. The molecule has 0 radical (unpaired) electrons. The Balaban J connectivity index is 2.42. The predicted octanol–water partition coefficient (Wildman–Crippen LogP) is 1.59. The van der Waals surface area contributed by atoms with E-state index >= 15 is 0 Å². The van der Waals surface area contributed by atoms with Crippen molar-refractivity contribution in [1.82, 2.24) is 0 Å². The summed E-state index contributed by atoms with van der Waals surface area (Å²) in [6, 6.07) is 9.87. The fourth-order valence-electron chi connectivity index (χ4n) is 1.13. The highest BCUT2D eigenvalue weighted by Gasteiger charge is 2.06. The molecule has 0 amide bonds. The van der Waals surface area contributed by atoms with E-state index in [1.165, 1.54) is 5.56 Å². The van der Waals surface area contributed by atoms with Gasteiger partial charge in [-0.2, -0.15) is 5.90 Å². The summed E-state index contributed by atoms with van der Waals surface area (Å²) in [4.78, 5) is 14.9. The normalized spacial score (nSPS) is 9.50. The molecular weight excluding hydrogens is 178 g/mol. The molecule has 1 aromatic carbocycles. The second-order valence-electron chi connectivity index (χ2n) is 2.99. The number of nitrogens with two attached hydrogens (primary N) is 1. The van der Waals surface area contributed by atoms with Crippen LogP contribution in [0.3, 0.4) is 0 Å². The SMILES string of the molecule is C=C(CCc1ccccc1)C(=O)ON. The highest BCUT2D eigenvalue weighted by molar-refractivity contribution is 5.87. The summed E-state index contributed by atoms with van der Waals surface area (Å²) in [6.07, 6.45) is 1.34. The fourth-order valence-corrected chi connectivity index (χ4v) is 1.13. The Morgan fingerprint density at radius 1 is 1.36 bits per heavy atom. The van der Waals surface area contributed by atoms with E-state index in [9.17, 15) is 4.79 Å². The minimum absolute atomic E-state index is 0.399. The minimum atomic E-state index is -0.541. The van der Waals surface area contributed by atoms with Crippen LogP contribution in [0, 0.1) is 0 Å². The van der Waals surface area contributed by atoms with Crippen molar-refractivity contribution < 1.29 is 9.63 Å². The molecule has 0 heterocycles. The van der Waals surface area contributed by atoms with Crippen molar-refractivity contribution in [2.75, 3.05) is 0 Å². The lowest BCUT2D eigenvalue weighted by Gasteiger charge is -2.02. The topological polar surface area (TPSA) is 52.3 Å². The number of hydrogen-bond donors (Lipinski definition) is 1. The first-order valence-corrected chi connectivity index (χ1v) is 4.37. The maximum atomic E-state index is 10.9. The van der Waals surface area contributed by atoms with Gasteiger partial charge >= 0.3 is 5.97 Å². The van der Waals surface area contributed by atoms with E-state index in [0.29, 0.717) is 12.0 Å². The third kappa shape index (κ3) is 3.03. The van der Waals surface area contributed by atoms with Crippen LogP contribution in [0.5, 0.6) is 0 Å². The van der Waals surface area contributed by atoms with Gasteiger partial charge in [0, 0.05) is 5.57 Å². The fraction of sp³-hybridized carbons (Fsp3) is 0.182. The molecule has 0 bridgehead atoms. The second-order valence-corrected chi connectivity index (χ2v) is 2.99. The van der Waals surface area contributed by atoms with Crippen LogP contribution in [0.15, 0.2) is 42.5 Å². The van der Waals surface area contributed by atoms with Gasteiger partial charge in [-0.15, -0.1) is 0 Å². The lowest BCUT2D eigenvalue weighted by molar-refractivity contribution is -0.139. The number of rotatable bonds is 4. The molecule has 1 rings (SSSR count). The Morgan fingerprint density at radius 3 is 2.57 bits per heavy atom. The zero-order valence-electron chi connectivity index (χ0n) is 7.90. The molecule has 14 heavy (non-hydrogen) atoms. The molecular formula is C11H13NO2. The molecule has 0 aromatic heterocycles. The predicted molar refractivity (Wildman–Crippen MR) is 54.2 cm³/mol. The first kappa shape index (κ1) is 10.5. The molecule has 74 valence electrons. The largest absolute Gasteiger partial charge is 0.370 e. The summed E-state index contributed by atoms with van der Waals surface area (Å²) in [6.45, 7) is 3.59. The van der Waals surface area contributed by atoms with Crippen LogP contribution in [0.25, 0.3) is 0 Å². The molecule has 0 aliphatic rings. The van der Waals surface area contributed by atoms with Gasteiger partial charge in [-0.1, -0.05) is 36.9 Å². The Kier molecular flexibility index (Phi) is 3.88. The number of benzene rings is 1. The third-order valence-electron chi connectivity index (χ3n) is 1.95. The van der Waals surface area contributed by atoms with Crippen LogP contribution in [0.2, 0.25) is 0 Å². The summed E-state index contributed by atoms with van der Waals surface area (Å²) < 4.78 is 0.